The van der Waals surface area contributed by atoms with E-state index in [1.54, 1.807) is 12.3 Å². The molecule has 4 fully saturated rings. The number of nitrogens with zero attached hydrogens (tertiary/aromatic N) is 6. The second kappa shape index (κ2) is 9.38. The number of fused-ring (bicyclic) bond motifs is 2. The van der Waals surface area contributed by atoms with Crippen LogP contribution in [0.1, 0.15) is 90.8 Å². The maximum absolute atomic E-state index is 14.0. The molecular formula is C26H28F4N8O3. The molecule has 1 aliphatic heterocycles. The lowest BCUT2D eigenvalue weighted by Gasteiger charge is -2.33. The predicted molar refractivity (Wildman–Crippen MR) is 132 cm³/mol. The number of imidazole rings is 1. The molecule has 0 bridgehead atoms. The fraction of sp³-hybridized carbons (Fsp3) is 0.615. The van der Waals surface area contributed by atoms with Crippen LogP contribution in [-0.2, 0) is 6.54 Å². The predicted octanol–water partition coefficient (Wildman–Crippen LogP) is 3.98. The molecule has 2 N–H and O–H groups in total. The van der Waals surface area contributed by atoms with Gasteiger partial charge in [0.25, 0.3) is 11.8 Å². The lowest BCUT2D eigenvalue weighted by atomic mass is 9.81. The number of hydrogen-bond donors (Lipinski definition) is 2. The second-order valence-electron chi connectivity index (χ2n) is 11.8. The molecule has 3 aromatic rings. The first kappa shape index (κ1) is 26.1. The molecule has 2 unspecified atom stereocenters. The lowest BCUT2D eigenvalue weighted by Crippen LogP contribution is -2.37. The first-order chi connectivity index (χ1) is 19.6. The van der Waals surface area contributed by atoms with E-state index in [0.29, 0.717) is 22.6 Å². The smallest absolute Gasteiger partial charge is 0.318 e. The van der Waals surface area contributed by atoms with Gasteiger partial charge in [0.1, 0.15) is 5.69 Å². The van der Waals surface area contributed by atoms with Crippen molar-refractivity contribution in [2.45, 2.75) is 93.8 Å². The highest BCUT2D eigenvalue weighted by atomic mass is 19.3. The molecule has 41 heavy (non-hydrogen) atoms. The Bertz CT molecular complexity index is 1490. The largest absolute Gasteiger partial charge is 0.342 e. The van der Waals surface area contributed by atoms with Crippen LogP contribution >= 0.6 is 0 Å². The van der Waals surface area contributed by atoms with Gasteiger partial charge in [-0.1, -0.05) is 5.16 Å². The summed E-state index contributed by atoms with van der Waals surface area (Å²) < 4.78 is 62.2. The van der Waals surface area contributed by atoms with Crippen molar-refractivity contribution in [3.05, 3.63) is 41.1 Å². The highest BCUT2D eigenvalue weighted by Crippen LogP contribution is 2.43. The fourth-order valence-corrected chi connectivity index (χ4v) is 6.43. The molecule has 4 heterocycles. The van der Waals surface area contributed by atoms with Crippen LogP contribution in [0, 0.1) is 5.92 Å². The molecule has 218 valence electrons. The highest BCUT2D eigenvalue weighted by Gasteiger charge is 2.54. The number of nitrogens with one attached hydrogen (secondary N) is 2. The first-order valence-electron chi connectivity index (χ1n) is 13.9. The van der Waals surface area contributed by atoms with Crippen LogP contribution in [0.4, 0.5) is 22.4 Å². The van der Waals surface area contributed by atoms with Gasteiger partial charge in [-0.2, -0.15) is 5.10 Å². The molecule has 4 aliphatic rings. The molecule has 3 aromatic heterocycles. The number of hydrogen-bond acceptors (Lipinski definition) is 7. The summed E-state index contributed by atoms with van der Waals surface area (Å²) in [6.45, 7) is 0.0791. The maximum atomic E-state index is 14.0. The lowest BCUT2D eigenvalue weighted by molar-refractivity contribution is -0.0495. The van der Waals surface area contributed by atoms with Gasteiger partial charge in [-0.05, 0) is 48.4 Å². The molecule has 3 amide bonds. The second-order valence-corrected chi connectivity index (χ2v) is 11.8. The van der Waals surface area contributed by atoms with E-state index in [1.807, 2.05) is 0 Å². The quantitative estimate of drug-likeness (QED) is 0.407. The van der Waals surface area contributed by atoms with Gasteiger partial charge in [-0.15, -0.1) is 0 Å². The van der Waals surface area contributed by atoms with Gasteiger partial charge >= 0.3 is 6.03 Å². The van der Waals surface area contributed by atoms with Crippen molar-refractivity contribution in [1.29, 1.82) is 0 Å². The van der Waals surface area contributed by atoms with Crippen molar-refractivity contribution < 1.29 is 31.8 Å². The summed E-state index contributed by atoms with van der Waals surface area (Å²) in [5.41, 5.74) is 2.03. The maximum Gasteiger partial charge on any atom is 0.318 e. The number of urea groups is 1. The van der Waals surface area contributed by atoms with Crippen molar-refractivity contribution in [2.24, 2.45) is 5.92 Å². The summed E-state index contributed by atoms with van der Waals surface area (Å²) in [6.07, 6.45) is 3.95. The Hall–Kier alpha value is -3.78. The van der Waals surface area contributed by atoms with Crippen molar-refractivity contribution in [3.63, 3.8) is 0 Å². The summed E-state index contributed by atoms with van der Waals surface area (Å²) in [4.78, 5) is 31.8. The van der Waals surface area contributed by atoms with Crippen LogP contribution in [0.2, 0.25) is 0 Å². The van der Waals surface area contributed by atoms with Crippen LogP contribution in [0.25, 0.3) is 5.65 Å². The van der Waals surface area contributed by atoms with Crippen molar-refractivity contribution >= 4 is 17.6 Å². The van der Waals surface area contributed by atoms with Gasteiger partial charge in [0.2, 0.25) is 5.92 Å². The highest BCUT2D eigenvalue weighted by molar-refractivity contribution is 5.93. The Morgan fingerprint density at radius 2 is 1.90 bits per heavy atom. The minimum Gasteiger partial charge on any atom is -0.342 e. The minimum absolute atomic E-state index is 0.0791. The number of carbonyl (C=O) groups excluding carboxylic acids is 2. The van der Waals surface area contributed by atoms with Crippen molar-refractivity contribution in [1.82, 2.24) is 40.4 Å². The minimum atomic E-state index is -2.83. The average Bonchev–Trinajstić information content (AvgIpc) is 3.23. The summed E-state index contributed by atoms with van der Waals surface area (Å²) in [7, 11) is 0. The third-order valence-electron chi connectivity index (χ3n) is 8.74. The van der Waals surface area contributed by atoms with Gasteiger partial charge in [-0.25, -0.2) is 36.5 Å². The zero-order valence-electron chi connectivity index (χ0n) is 21.9. The first-order valence-corrected chi connectivity index (χ1v) is 13.9. The van der Waals surface area contributed by atoms with E-state index < -0.39 is 48.3 Å². The normalized spacial score (nSPS) is 26.2. The molecule has 3 saturated carbocycles. The van der Waals surface area contributed by atoms with E-state index in [9.17, 15) is 27.2 Å². The molecular weight excluding hydrogens is 548 g/mol. The molecule has 15 heteroatoms. The van der Waals surface area contributed by atoms with Gasteiger partial charge in [0.05, 0.1) is 36.2 Å². The standard InChI is InChI=1S/C26H28F4N8O3/c27-25(28)5-3-15(4-6-25)20(34-23(39)22-21(14-1-2-14)35-41-36-22)17-12-38-19(32-17)7-13(10-31-38)11-37-18-9-26(29,30)8-16(18)33-24(37)40/h7,10,12,14-16,18,20H,1-6,8-9,11H2,(H,33,40)(H,34,39)/t16?,18?,20-/m0/s1. The zero-order chi connectivity index (χ0) is 28.5. The third kappa shape index (κ3) is 4.99. The van der Waals surface area contributed by atoms with Crippen LogP contribution in [0.3, 0.4) is 0 Å². The number of aromatic nitrogens is 5. The number of rotatable bonds is 7. The summed E-state index contributed by atoms with van der Waals surface area (Å²) in [5, 5.41) is 17.6. The zero-order valence-corrected chi connectivity index (χ0v) is 21.9. The van der Waals surface area contributed by atoms with E-state index in [1.165, 1.54) is 15.6 Å². The monoisotopic (exact) mass is 576 g/mol. The fourth-order valence-electron chi connectivity index (χ4n) is 6.43. The van der Waals surface area contributed by atoms with E-state index in [2.05, 4.69) is 31.0 Å². The summed E-state index contributed by atoms with van der Waals surface area (Å²) >= 11 is 0. The van der Waals surface area contributed by atoms with Gasteiger partial charge < -0.3 is 15.5 Å². The molecule has 1 saturated heterocycles. The van der Waals surface area contributed by atoms with Crippen LogP contribution in [-0.4, -0.2) is 65.7 Å². The van der Waals surface area contributed by atoms with Crippen LogP contribution in [0.15, 0.2) is 23.1 Å². The summed E-state index contributed by atoms with van der Waals surface area (Å²) in [5.74, 6) is -6.27. The number of halogens is 4. The van der Waals surface area contributed by atoms with Crippen molar-refractivity contribution in [3.8, 4) is 0 Å². The Morgan fingerprint density at radius 3 is 2.66 bits per heavy atom. The number of amides is 3. The average molecular weight is 577 g/mol. The Balaban J connectivity index is 1.15. The number of alkyl halides is 4. The number of carbonyl (C=O) groups is 2. The Morgan fingerprint density at radius 1 is 1.12 bits per heavy atom. The molecule has 0 aromatic carbocycles. The van der Waals surface area contributed by atoms with E-state index in [0.717, 1.165) is 12.8 Å². The van der Waals surface area contributed by atoms with Gasteiger partial charge in [0, 0.05) is 38.1 Å². The molecule has 3 atom stereocenters. The molecule has 11 nitrogen and oxygen atoms in total. The van der Waals surface area contributed by atoms with Crippen molar-refractivity contribution in [2.75, 3.05) is 0 Å². The van der Waals surface area contributed by atoms with Crippen LogP contribution < -0.4 is 10.6 Å². The Kier molecular flexibility index (Phi) is 5.98. The molecule has 7 rings (SSSR count). The SMILES string of the molecule is O=C(N[C@H](c1cn2ncc(CN3C(=O)NC4CC(F)(F)CC43)cc2n1)C1CCC(F)(F)CC1)c1nonc1C1CC1. The van der Waals surface area contributed by atoms with E-state index in [-0.39, 0.29) is 56.2 Å². The van der Waals surface area contributed by atoms with E-state index >= 15 is 0 Å². The molecule has 3 aliphatic carbocycles. The summed E-state index contributed by atoms with van der Waals surface area (Å²) in [6, 6.07) is -0.604. The Labute approximate surface area is 231 Å². The topological polar surface area (TPSA) is 131 Å². The van der Waals surface area contributed by atoms with Gasteiger partial charge in [-0.3, -0.25) is 4.79 Å². The van der Waals surface area contributed by atoms with Gasteiger partial charge in [0.15, 0.2) is 11.3 Å². The van der Waals surface area contributed by atoms with E-state index in [4.69, 9.17) is 4.63 Å². The molecule has 0 spiro atoms. The molecule has 0 radical (unpaired) electrons. The third-order valence-corrected chi connectivity index (χ3v) is 8.74. The van der Waals surface area contributed by atoms with Crippen LogP contribution in [0.5, 0.6) is 0 Å².